The quantitative estimate of drug-likeness (QED) is 0.0645. The first kappa shape index (κ1) is 42.3. The Morgan fingerprint density at radius 2 is 1.49 bits per heavy atom. The summed E-state index contributed by atoms with van der Waals surface area (Å²) in [5.74, 6) is 0.286. The van der Waals surface area contributed by atoms with Gasteiger partial charge in [0.1, 0.15) is 5.76 Å². The van der Waals surface area contributed by atoms with Crippen LogP contribution in [0.5, 0.6) is 0 Å². The van der Waals surface area contributed by atoms with E-state index in [1.807, 2.05) is 59.1 Å². The molecule has 1 N–H and O–H groups in total. The Bertz CT molecular complexity index is 2270. The number of benzene rings is 4. The minimum atomic E-state index is -1.56. The molecular weight excluding hydrogens is 863 g/mol. The smallest absolute Gasteiger partial charge is 0.164 e. The van der Waals surface area contributed by atoms with Gasteiger partial charge in [-0.2, -0.15) is 0 Å². The summed E-state index contributed by atoms with van der Waals surface area (Å²) in [6.45, 7) is 23.7. The number of hydrogen-bond acceptors (Lipinski definition) is 4. The Balaban J connectivity index is 0.000000299. The summed E-state index contributed by atoms with van der Waals surface area (Å²) in [5.41, 5.74) is 6.74. The summed E-state index contributed by atoms with van der Waals surface area (Å²) in [7, 11) is -1.56. The number of aryl methyl sites for hydroxylation is 2. The summed E-state index contributed by atoms with van der Waals surface area (Å²) < 4.78 is 2.55. The number of allylic oxidation sites excluding steroid dienone is 2. The molecule has 6 aromatic rings. The van der Waals surface area contributed by atoms with Crippen molar-refractivity contribution in [1.29, 1.82) is 0 Å². The molecule has 0 aliphatic rings. The van der Waals surface area contributed by atoms with E-state index < -0.39 is 8.07 Å². The number of rotatable bonds is 10. The molecule has 0 amide bonds. The molecule has 0 unspecified atom stereocenters. The van der Waals surface area contributed by atoms with Gasteiger partial charge in [0.15, 0.2) is 5.78 Å². The molecule has 0 fully saturated rings. The fourth-order valence-electron chi connectivity index (χ4n) is 6.86. The standard InChI is InChI=1S/C32H28NSSi.C15H28O2.Ir/c1-20-10-12-25(21(2)16-20)23-11-13-27-28-14-15-33-31(32(28)34-29(27)18-23)24-17-22-8-6-7-9-26(22)30(19-24)35(3,4)5;1-7-14(5,8-2)12(16)11-13(17)15(6,9-3)10-4;/h6-16,18-19H,1-5H3;11,16H,7-10H2,1-6H3;/q-1;;/b;12-11-;. The number of thiophene rings is 1. The molecule has 3 nitrogen and oxygen atoms in total. The number of hydrogen-bond donors (Lipinski definition) is 1. The molecule has 0 bridgehead atoms. The van der Waals surface area contributed by atoms with Gasteiger partial charge in [-0.3, -0.25) is 9.78 Å². The third-order valence-corrected chi connectivity index (χ3v) is 14.7. The first-order valence-corrected chi connectivity index (χ1v) is 23.2. The molecule has 0 spiro atoms. The fourth-order valence-corrected chi connectivity index (χ4v) is 9.71. The SMILES string of the molecule is CCC(C)(CC)C(=O)/C=C(\O)C(C)(CC)CC.Cc1ccc(-c2ccc3c(c2)sc2c(-c4[c-]c5ccccc5c([Si](C)(C)C)c4)nccc23)c(C)c1.[Ir]. The van der Waals surface area contributed by atoms with Gasteiger partial charge in [-0.1, -0.05) is 126 Å². The first-order valence-electron chi connectivity index (χ1n) is 18.9. The molecule has 281 valence electrons. The minimum absolute atomic E-state index is 0. The number of aliphatic hydroxyl groups excluding tert-OH is 1. The van der Waals surface area contributed by atoms with Crippen molar-refractivity contribution in [1.82, 2.24) is 4.98 Å². The molecule has 0 saturated carbocycles. The molecule has 0 saturated heterocycles. The Morgan fingerprint density at radius 3 is 2.11 bits per heavy atom. The Labute approximate surface area is 336 Å². The molecule has 0 atom stereocenters. The topological polar surface area (TPSA) is 50.2 Å². The van der Waals surface area contributed by atoms with E-state index in [0.29, 0.717) is 0 Å². The maximum atomic E-state index is 12.2. The van der Waals surface area contributed by atoms with E-state index in [0.717, 1.165) is 36.9 Å². The van der Waals surface area contributed by atoms with Crippen LogP contribution in [-0.4, -0.2) is 23.9 Å². The zero-order chi connectivity index (χ0) is 38.0. The van der Waals surface area contributed by atoms with Crippen molar-refractivity contribution < 1.29 is 30.0 Å². The summed E-state index contributed by atoms with van der Waals surface area (Å²) in [6, 6.07) is 30.5. The molecule has 4 aromatic carbocycles. The normalized spacial score (nSPS) is 12.5. The Morgan fingerprint density at radius 1 is 0.830 bits per heavy atom. The summed E-state index contributed by atoms with van der Waals surface area (Å²) in [6.07, 6.45) is 6.71. The molecular formula is C47H56IrNO2SSi-. The minimum Gasteiger partial charge on any atom is -0.512 e. The van der Waals surface area contributed by atoms with Crippen LogP contribution in [-0.2, 0) is 24.9 Å². The number of nitrogens with zero attached hydrogens (tertiary/aromatic N) is 1. The van der Waals surface area contributed by atoms with E-state index in [4.69, 9.17) is 4.98 Å². The van der Waals surface area contributed by atoms with Gasteiger partial charge in [-0.15, -0.1) is 40.1 Å². The second kappa shape index (κ2) is 16.9. The van der Waals surface area contributed by atoms with Gasteiger partial charge < -0.3 is 5.11 Å². The molecule has 2 aromatic heterocycles. The van der Waals surface area contributed by atoms with Gasteiger partial charge in [0.05, 0.1) is 8.07 Å². The number of carbonyl (C=O) groups is 1. The van der Waals surface area contributed by atoms with E-state index in [1.54, 1.807) is 0 Å². The van der Waals surface area contributed by atoms with Crippen LogP contribution in [0.1, 0.15) is 78.4 Å². The van der Waals surface area contributed by atoms with E-state index in [9.17, 15) is 9.90 Å². The molecule has 0 aliphatic heterocycles. The van der Waals surface area contributed by atoms with Crippen molar-refractivity contribution in [3.8, 4) is 22.4 Å². The van der Waals surface area contributed by atoms with E-state index >= 15 is 0 Å². The summed E-state index contributed by atoms with van der Waals surface area (Å²) in [5, 5.41) is 16.7. The van der Waals surface area contributed by atoms with E-state index in [2.05, 4.69) is 112 Å². The van der Waals surface area contributed by atoms with Gasteiger partial charge in [0.25, 0.3) is 0 Å². The van der Waals surface area contributed by atoms with Crippen molar-refractivity contribution >= 4 is 61.3 Å². The van der Waals surface area contributed by atoms with E-state index in [-0.39, 0.29) is 42.5 Å². The van der Waals surface area contributed by atoms with Crippen molar-refractivity contribution in [3.05, 3.63) is 108 Å². The molecule has 1 radical (unpaired) electrons. The second-order valence-corrected chi connectivity index (χ2v) is 22.1. The first-order chi connectivity index (χ1) is 24.6. The number of carbonyl (C=O) groups excluding carboxylic acids is 1. The molecule has 2 heterocycles. The van der Waals surface area contributed by atoms with Gasteiger partial charge in [0, 0.05) is 58.3 Å². The number of ketones is 1. The van der Waals surface area contributed by atoms with Crippen molar-refractivity contribution in [2.24, 2.45) is 10.8 Å². The van der Waals surface area contributed by atoms with E-state index in [1.165, 1.54) is 64.5 Å². The predicted octanol–water partition coefficient (Wildman–Crippen LogP) is 13.5. The van der Waals surface area contributed by atoms with Crippen LogP contribution in [0, 0.1) is 30.7 Å². The second-order valence-electron chi connectivity index (χ2n) is 16.0. The molecule has 6 rings (SSSR count). The number of pyridine rings is 1. The van der Waals surface area contributed by atoms with Crippen LogP contribution in [0.4, 0.5) is 0 Å². The van der Waals surface area contributed by atoms with Crippen molar-refractivity contribution in [2.45, 2.75) is 101 Å². The monoisotopic (exact) mass is 919 g/mol. The molecule has 0 aliphatic carbocycles. The average molecular weight is 919 g/mol. The van der Waals surface area contributed by atoms with Gasteiger partial charge in [-0.05, 0) is 79.1 Å². The number of aliphatic hydroxyl groups is 1. The maximum Gasteiger partial charge on any atom is 0.164 e. The van der Waals surface area contributed by atoms with Crippen LogP contribution < -0.4 is 5.19 Å². The Hall–Kier alpha value is -3.41. The zero-order valence-electron chi connectivity index (χ0n) is 33.5. The summed E-state index contributed by atoms with van der Waals surface area (Å²) >= 11 is 1.85. The zero-order valence-corrected chi connectivity index (χ0v) is 37.7. The van der Waals surface area contributed by atoms with Crippen LogP contribution in [0.25, 0.3) is 53.3 Å². The maximum absolute atomic E-state index is 12.2. The number of aromatic nitrogens is 1. The van der Waals surface area contributed by atoms with Crippen LogP contribution in [0.3, 0.4) is 0 Å². The van der Waals surface area contributed by atoms with Crippen LogP contribution >= 0.6 is 11.3 Å². The van der Waals surface area contributed by atoms with Crippen LogP contribution in [0.2, 0.25) is 19.6 Å². The Kier molecular flexibility index (Phi) is 13.5. The fraction of sp³-hybridized carbons (Fsp3) is 0.362. The third-order valence-electron chi connectivity index (χ3n) is 11.5. The van der Waals surface area contributed by atoms with Gasteiger partial charge >= 0.3 is 0 Å². The van der Waals surface area contributed by atoms with Crippen LogP contribution in [0.15, 0.2) is 90.8 Å². The van der Waals surface area contributed by atoms with Gasteiger partial charge in [-0.25, -0.2) is 0 Å². The third kappa shape index (κ3) is 8.78. The molecule has 53 heavy (non-hydrogen) atoms. The average Bonchev–Trinajstić information content (AvgIpc) is 3.51. The largest absolute Gasteiger partial charge is 0.512 e. The van der Waals surface area contributed by atoms with Crippen molar-refractivity contribution in [3.63, 3.8) is 0 Å². The number of fused-ring (bicyclic) bond motifs is 4. The predicted molar refractivity (Wildman–Crippen MR) is 230 cm³/mol. The molecule has 6 heteroatoms. The van der Waals surface area contributed by atoms with Crippen molar-refractivity contribution in [2.75, 3.05) is 0 Å². The summed E-state index contributed by atoms with van der Waals surface area (Å²) in [4.78, 5) is 17.1. The van der Waals surface area contributed by atoms with Gasteiger partial charge in [0.2, 0.25) is 0 Å².